The van der Waals surface area contributed by atoms with Crippen LogP contribution in [-0.4, -0.2) is 87.4 Å². The molecule has 4 aromatic rings. The minimum Gasteiger partial charge on any atom is -0.472 e. The number of benzene rings is 2. The fraction of sp³-hybridized carbons (Fsp3) is 0.425. The van der Waals surface area contributed by atoms with E-state index in [1.807, 2.05) is 60.7 Å². The van der Waals surface area contributed by atoms with Crippen molar-refractivity contribution >= 4 is 55.3 Å². The van der Waals surface area contributed by atoms with Crippen molar-refractivity contribution in [3.63, 3.8) is 0 Å². The number of aryl methyl sites for hydroxylation is 1. The second-order valence-corrected chi connectivity index (χ2v) is 17.0. The Bertz CT molecular complexity index is 2310. The Hall–Kier alpha value is -5.44. The summed E-state index contributed by atoms with van der Waals surface area (Å²) >= 11 is 0. The molecule has 0 spiro atoms. The van der Waals surface area contributed by atoms with Crippen LogP contribution in [0.25, 0.3) is 21.7 Å². The quantitative estimate of drug-likeness (QED) is 0.185. The molecule has 8 rings (SSSR count). The third-order valence-corrected chi connectivity index (χ3v) is 12.8. The molecule has 15 heteroatoms. The van der Waals surface area contributed by atoms with Crippen LogP contribution in [0.3, 0.4) is 0 Å². The van der Waals surface area contributed by atoms with E-state index < -0.39 is 68.5 Å². The van der Waals surface area contributed by atoms with E-state index in [0.717, 1.165) is 34.5 Å². The Kier molecular flexibility index (Phi) is 9.74. The summed E-state index contributed by atoms with van der Waals surface area (Å²) in [6.45, 7) is 1.75. The number of nitrogens with zero attached hydrogens (tertiary/aromatic N) is 4. The maximum atomic E-state index is 14.6. The van der Waals surface area contributed by atoms with Gasteiger partial charge in [0.2, 0.25) is 27.7 Å². The van der Waals surface area contributed by atoms with Gasteiger partial charge >= 0.3 is 0 Å². The molecule has 3 N–H and O–H groups in total. The standard InChI is InChI=1S/C40H43N7O7S/c1-24-21-42-33(22-41-24)35(48)43-32-16-6-4-2-3-5-11-25-20-40(25,39(51)46-55(52,53)27-17-18-27)45-36(49)34-19-26(23-47(34)38(32)50)54-37-30-14-8-7-12-28(30)29-13-9-10-15-31(29)44-37/h5,7-15,21-22,25-27,32,34H,2-4,6,16-20,23H2,1H3,(H,43,48)(H,45,49)(H,46,51)/t25?,26?,32?,34-,40+/m0/s1. The molecule has 4 amide bonds. The molecule has 2 saturated carbocycles. The number of para-hydroxylation sites is 1. The third-order valence-electron chi connectivity index (χ3n) is 11.0. The predicted octanol–water partition coefficient (Wildman–Crippen LogP) is 3.64. The molecule has 2 aliphatic carbocycles. The molecule has 1 saturated heterocycles. The summed E-state index contributed by atoms with van der Waals surface area (Å²) in [5, 5.41) is 7.79. The molecular weight excluding hydrogens is 723 g/mol. The zero-order valence-corrected chi connectivity index (χ0v) is 31.3. The van der Waals surface area contributed by atoms with E-state index >= 15 is 0 Å². The molecule has 2 aromatic carbocycles. The lowest BCUT2D eigenvalue weighted by atomic mass is 10.0. The second kappa shape index (κ2) is 14.7. The largest absolute Gasteiger partial charge is 0.472 e. The minimum atomic E-state index is -3.89. The van der Waals surface area contributed by atoms with Gasteiger partial charge < -0.3 is 20.3 Å². The van der Waals surface area contributed by atoms with E-state index in [1.54, 1.807) is 6.92 Å². The Morgan fingerprint density at radius 3 is 2.47 bits per heavy atom. The van der Waals surface area contributed by atoms with E-state index in [9.17, 15) is 27.6 Å². The van der Waals surface area contributed by atoms with Crippen LogP contribution < -0.4 is 20.1 Å². The lowest BCUT2D eigenvalue weighted by molar-refractivity contribution is -0.141. The van der Waals surface area contributed by atoms with Crippen LogP contribution in [-0.2, 0) is 24.4 Å². The van der Waals surface area contributed by atoms with Crippen molar-refractivity contribution < 1.29 is 32.3 Å². The number of hydrogen-bond acceptors (Lipinski definition) is 10. The van der Waals surface area contributed by atoms with Crippen molar-refractivity contribution in [2.45, 2.75) is 93.7 Å². The van der Waals surface area contributed by atoms with Gasteiger partial charge in [0, 0.05) is 29.3 Å². The number of amides is 4. The van der Waals surface area contributed by atoms with Crippen molar-refractivity contribution in [3.05, 3.63) is 84.5 Å². The highest BCUT2D eigenvalue weighted by atomic mass is 32.2. The molecular formula is C40H43N7O7S. The predicted molar refractivity (Wildman–Crippen MR) is 203 cm³/mol. The van der Waals surface area contributed by atoms with E-state index in [4.69, 9.17) is 9.72 Å². The Balaban J connectivity index is 1.12. The fourth-order valence-electron chi connectivity index (χ4n) is 7.71. The average molecular weight is 766 g/mol. The van der Waals surface area contributed by atoms with Gasteiger partial charge in [0.15, 0.2) is 0 Å². The van der Waals surface area contributed by atoms with E-state index in [0.29, 0.717) is 43.7 Å². The van der Waals surface area contributed by atoms with Crippen LogP contribution >= 0.6 is 0 Å². The highest BCUT2D eigenvalue weighted by molar-refractivity contribution is 7.91. The van der Waals surface area contributed by atoms with Gasteiger partial charge in [0.05, 0.1) is 29.2 Å². The van der Waals surface area contributed by atoms with Gasteiger partial charge in [-0.2, -0.15) is 0 Å². The lowest BCUT2D eigenvalue weighted by Gasteiger charge is -2.29. The van der Waals surface area contributed by atoms with Gasteiger partial charge in [-0.15, -0.1) is 0 Å². The summed E-state index contributed by atoms with van der Waals surface area (Å²) in [6.07, 6.45) is 10.4. The van der Waals surface area contributed by atoms with Crippen LogP contribution in [0.5, 0.6) is 5.88 Å². The first-order valence-corrected chi connectivity index (χ1v) is 20.5. The summed E-state index contributed by atoms with van der Waals surface area (Å²) in [7, 11) is -3.89. The summed E-state index contributed by atoms with van der Waals surface area (Å²) in [5.41, 5.74) is -0.0889. The van der Waals surface area contributed by atoms with Crippen LogP contribution in [0, 0.1) is 12.8 Å². The molecule has 2 aliphatic heterocycles. The SMILES string of the molecule is Cc1cnc(C(=O)NC2CCCCCC=CC3C[C@@]3(C(=O)NS(=O)(=O)C3CC3)NC(=O)[C@@H]3CC(Oc4nc5ccccc5c5ccccc45)CN3C2=O)cn1. The first-order valence-electron chi connectivity index (χ1n) is 18.9. The number of hydrogen-bond donors (Lipinski definition) is 3. The van der Waals surface area contributed by atoms with Gasteiger partial charge in [0.1, 0.15) is 29.4 Å². The highest BCUT2D eigenvalue weighted by Gasteiger charge is 2.62. The molecule has 5 atom stereocenters. The average Bonchev–Trinajstić information content (AvgIpc) is 4.11. The molecule has 4 aliphatic rings. The highest BCUT2D eigenvalue weighted by Crippen LogP contribution is 2.46. The van der Waals surface area contributed by atoms with Crippen LogP contribution in [0.15, 0.2) is 73.1 Å². The van der Waals surface area contributed by atoms with Crippen LogP contribution in [0.2, 0.25) is 0 Å². The molecule has 2 aromatic heterocycles. The Morgan fingerprint density at radius 2 is 1.71 bits per heavy atom. The number of sulfonamides is 1. The molecule has 55 heavy (non-hydrogen) atoms. The van der Waals surface area contributed by atoms with Crippen molar-refractivity contribution in [2.75, 3.05) is 6.54 Å². The Labute approximate surface area is 318 Å². The van der Waals surface area contributed by atoms with E-state index in [-0.39, 0.29) is 25.1 Å². The zero-order valence-electron chi connectivity index (χ0n) is 30.4. The number of carbonyl (C=O) groups is 4. The van der Waals surface area contributed by atoms with Gasteiger partial charge in [0.25, 0.3) is 11.8 Å². The number of fused-ring (bicyclic) bond motifs is 5. The molecule has 4 heterocycles. The molecule has 0 radical (unpaired) electrons. The number of allylic oxidation sites excluding steroid dienone is 1. The summed E-state index contributed by atoms with van der Waals surface area (Å²) in [5.74, 6) is -2.52. The van der Waals surface area contributed by atoms with Crippen LogP contribution in [0.1, 0.15) is 74.0 Å². The number of carbonyl (C=O) groups excluding carboxylic acids is 4. The maximum absolute atomic E-state index is 14.6. The lowest BCUT2D eigenvalue weighted by Crippen LogP contribution is -2.58. The minimum absolute atomic E-state index is 0.00491. The first-order chi connectivity index (χ1) is 26.5. The number of pyridine rings is 1. The fourth-order valence-corrected chi connectivity index (χ4v) is 9.07. The van der Waals surface area contributed by atoms with Crippen molar-refractivity contribution in [3.8, 4) is 5.88 Å². The van der Waals surface area contributed by atoms with Gasteiger partial charge in [-0.05, 0) is 63.0 Å². The topological polar surface area (TPSA) is 190 Å². The second-order valence-electron chi connectivity index (χ2n) is 15.0. The molecule has 14 nitrogen and oxygen atoms in total. The number of ether oxygens (including phenoxy) is 1. The maximum Gasteiger partial charge on any atom is 0.272 e. The normalized spacial score (nSPS) is 25.9. The van der Waals surface area contributed by atoms with Gasteiger partial charge in [-0.1, -0.05) is 61.4 Å². The molecule has 286 valence electrons. The number of aromatic nitrogens is 3. The van der Waals surface area contributed by atoms with Crippen LogP contribution in [0.4, 0.5) is 0 Å². The van der Waals surface area contributed by atoms with Gasteiger partial charge in [-0.3, -0.25) is 28.9 Å². The van der Waals surface area contributed by atoms with E-state index in [2.05, 4.69) is 25.3 Å². The number of nitrogens with one attached hydrogen (secondary N) is 3. The summed E-state index contributed by atoms with van der Waals surface area (Å²) in [4.78, 5) is 70.9. The third kappa shape index (κ3) is 7.49. The smallest absolute Gasteiger partial charge is 0.272 e. The summed E-state index contributed by atoms with van der Waals surface area (Å²) in [6, 6.07) is 13.3. The number of rotatable bonds is 7. The first kappa shape index (κ1) is 36.5. The van der Waals surface area contributed by atoms with Crippen molar-refractivity contribution in [1.29, 1.82) is 0 Å². The molecule has 3 fully saturated rings. The molecule has 3 unspecified atom stereocenters. The summed E-state index contributed by atoms with van der Waals surface area (Å²) < 4.78 is 34.6. The Morgan fingerprint density at radius 1 is 0.945 bits per heavy atom. The zero-order chi connectivity index (χ0) is 38.3. The van der Waals surface area contributed by atoms with Crippen molar-refractivity contribution in [1.82, 2.24) is 35.2 Å². The molecule has 0 bridgehead atoms. The van der Waals surface area contributed by atoms with E-state index in [1.165, 1.54) is 17.3 Å². The monoisotopic (exact) mass is 765 g/mol. The van der Waals surface area contributed by atoms with Crippen molar-refractivity contribution in [2.24, 2.45) is 5.92 Å². The van der Waals surface area contributed by atoms with Gasteiger partial charge in [-0.25, -0.2) is 18.4 Å².